The number of halogens is 1. The van der Waals surface area contributed by atoms with Gasteiger partial charge in [0.1, 0.15) is 0 Å². The number of rotatable bonds is 12. The first-order valence-electron chi connectivity index (χ1n) is 12.1. The second-order valence-corrected chi connectivity index (χ2v) is 16.1. The Kier molecular flexibility index (Phi) is 10.6. The van der Waals surface area contributed by atoms with E-state index in [4.69, 9.17) is 5.73 Å². The Hall–Kier alpha value is -2.06. The third kappa shape index (κ3) is 7.47. The van der Waals surface area contributed by atoms with Crippen molar-refractivity contribution in [3.8, 4) is 0 Å². The maximum absolute atomic E-state index is 16.4. The van der Waals surface area contributed by atoms with E-state index in [2.05, 4.69) is 5.32 Å². The number of carbonyl (C=O) groups is 3. The summed E-state index contributed by atoms with van der Waals surface area (Å²) in [5, 5.41) is 11.6. The summed E-state index contributed by atoms with van der Waals surface area (Å²) in [6.07, 6.45) is 2.91. The van der Waals surface area contributed by atoms with Gasteiger partial charge in [-0.15, -0.1) is 0 Å². The number of Topliss-reactive ketones (excluding diaryl/α,β-unsaturated/α-hetero) is 1. The Morgan fingerprint density at radius 1 is 1.03 bits per heavy atom. The summed E-state index contributed by atoms with van der Waals surface area (Å²) in [4.78, 5) is 36.4. The van der Waals surface area contributed by atoms with Gasteiger partial charge in [-0.3, -0.25) is 14.4 Å². The molecule has 0 spiro atoms. The van der Waals surface area contributed by atoms with E-state index in [1.165, 1.54) is 0 Å². The van der Waals surface area contributed by atoms with E-state index in [9.17, 15) is 19.5 Å². The number of carboxylic acid groups (broad SMARTS) is 1. The number of unbranched alkanes of at least 4 members (excludes halogenated alkanes) is 2. The molecule has 8 heteroatoms. The van der Waals surface area contributed by atoms with Crippen LogP contribution in [0.4, 0.5) is 4.11 Å². The number of amides is 1. The van der Waals surface area contributed by atoms with Crippen LogP contribution in [0.3, 0.4) is 0 Å². The molecule has 0 saturated carbocycles. The Morgan fingerprint density at radius 2 is 1.56 bits per heavy atom. The summed E-state index contributed by atoms with van der Waals surface area (Å²) in [6, 6.07) is 5.60. The van der Waals surface area contributed by atoms with E-state index >= 15 is 4.11 Å². The zero-order valence-corrected chi connectivity index (χ0v) is 22.8. The van der Waals surface area contributed by atoms with Crippen LogP contribution in [0.25, 0.3) is 0 Å². The molecule has 0 aliphatic heterocycles. The molecular formula is C26H43FN2O4Si. The fourth-order valence-electron chi connectivity index (χ4n) is 4.61. The summed E-state index contributed by atoms with van der Waals surface area (Å²) >= 11 is 0. The topological polar surface area (TPSA) is 109 Å². The van der Waals surface area contributed by atoms with Crippen LogP contribution in [0, 0.1) is 5.92 Å². The third-order valence-corrected chi connectivity index (χ3v) is 11.7. The molecule has 0 saturated heterocycles. The molecule has 0 aliphatic carbocycles. The van der Waals surface area contributed by atoms with Crippen LogP contribution in [0.5, 0.6) is 0 Å². The Balaban J connectivity index is 2.80. The first-order valence-corrected chi connectivity index (χ1v) is 14.0. The number of hydrogen-bond donors (Lipinski definition) is 3. The number of aliphatic carboxylic acids is 1. The number of ketones is 1. The van der Waals surface area contributed by atoms with Crippen LogP contribution in [0.15, 0.2) is 24.3 Å². The highest BCUT2D eigenvalue weighted by Crippen LogP contribution is 2.51. The molecule has 1 aromatic carbocycles. The van der Waals surface area contributed by atoms with Crippen molar-refractivity contribution >= 4 is 31.3 Å². The van der Waals surface area contributed by atoms with E-state index < -0.39 is 42.3 Å². The van der Waals surface area contributed by atoms with Crippen LogP contribution < -0.4 is 16.2 Å². The van der Waals surface area contributed by atoms with Crippen molar-refractivity contribution in [3.63, 3.8) is 0 Å². The zero-order valence-electron chi connectivity index (χ0n) is 21.8. The van der Waals surface area contributed by atoms with Crippen molar-refractivity contribution in [1.82, 2.24) is 5.32 Å². The molecular weight excluding hydrogens is 451 g/mol. The summed E-state index contributed by atoms with van der Waals surface area (Å²) in [5.74, 6) is -2.56. The normalized spacial score (nSPS) is 14.4. The van der Waals surface area contributed by atoms with Gasteiger partial charge >= 0.3 is 5.97 Å². The second-order valence-electron chi connectivity index (χ2n) is 11.3. The largest absolute Gasteiger partial charge is 0.481 e. The van der Waals surface area contributed by atoms with Crippen molar-refractivity contribution in [1.29, 1.82) is 0 Å². The van der Waals surface area contributed by atoms with Gasteiger partial charge in [0.2, 0.25) is 0 Å². The zero-order chi connectivity index (χ0) is 26.3. The second kappa shape index (κ2) is 12.1. The van der Waals surface area contributed by atoms with Crippen LogP contribution >= 0.6 is 0 Å². The predicted molar refractivity (Wildman–Crippen MR) is 138 cm³/mol. The number of carboxylic acids is 1. The van der Waals surface area contributed by atoms with Gasteiger partial charge in [-0.2, -0.15) is 0 Å². The van der Waals surface area contributed by atoms with Crippen LogP contribution in [0.2, 0.25) is 10.1 Å². The average Bonchev–Trinajstić information content (AvgIpc) is 2.74. The molecule has 0 heterocycles. The number of nitrogens with two attached hydrogens (primary N) is 1. The minimum Gasteiger partial charge on any atom is -0.481 e. The molecule has 0 aromatic heterocycles. The van der Waals surface area contributed by atoms with E-state index in [0.29, 0.717) is 17.2 Å². The fraction of sp³-hybridized carbons (Fsp3) is 0.654. The van der Waals surface area contributed by atoms with Crippen LogP contribution in [0.1, 0.15) is 90.9 Å². The van der Waals surface area contributed by atoms with Crippen molar-refractivity contribution in [2.75, 3.05) is 6.54 Å². The molecule has 1 amide bonds. The van der Waals surface area contributed by atoms with Crippen molar-refractivity contribution in [2.24, 2.45) is 11.7 Å². The van der Waals surface area contributed by atoms with E-state index in [1.54, 1.807) is 24.3 Å². The van der Waals surface area contributed by atoms with Gasteiger partial charge in [-0.05, 0) is 33.8 Å². The molecule has 34 heavy (non-hydrogen) atoms. The van der Waals surface area contributed by atoms with E-state index in [0.717, 1.165) is 19.3 Å². The lowest BCUT2D eigenvalue weighted by Gasteiger charge is -2.44. The van der Waals surface area contributed by atoms with Gasteiger partial charge in [0.15, 0.2) is 5.78 Å². The first-order chi connectivity index (χ1) is 15.6. The highest BCUT2D eigenvalue weighted by atomic mass is 28.4. The number of nitrogens with one attached hydrogen (secondary N) is 1. The number of carbonyl (C=O) groups excluding carboxylic acids is 2. The Bertz CT molecular complexity index is 830. The molecule has 0 bridgehead atoms. The molecule has 2 atom stereocenters. The molecule has 1 rings (SSSR count). The molecule has 6 nitrogen and oxygen atoms in total. The van der Waals surface area contributed by atoms with Gasteiger partial charge < -0.3 is 20.3 Å². The first kappa shape index (κ1) is 30.0. The van der Waals surface area contributed by atoms with Gasteiger partial charge in [-0.25, -0.2) is 0 Å². The van der Waals surface area contributed by atoms with Crippen LogP contribution in [-0.2, 0) is 9.59 Å². The molecule has 1 aromatic rings. The highest BCUT2D eigenvalue weighted by molar-refractivity contribution is 6.90. The minimum atomic E-state index is -3.42. The molecule has 4 N–H and O–H groups in total. The Labute approximate surface area is 205 Å². The van der Waals surface area contributed by atoms with Crippen molar-refractivity contribution in [2.45, 2.75) is 96.7 Å². The summed E-state index contributed by atoms with van der Waals surface area (Å²) < 4.78 is 16.4. The predicted octanol–water partition coefficient (Wildman–Crippen LogP) is 4.71. The maximum atomic E-state index is 16.4. The van der Waals surface area contributed by atoms with Crippen molar-refractivity contribution < 1.29 is 23.6 Å². The quantitative estimate of drug-likeness (QED) is 0.222. The molecule has 192 valence electrons. The van der Waals surface area contributed by atoms with E-state index in [-0.39, 0.29) is 18.7 Å². The molecule has 0 aliphatic rings. The minimum absolute atomic E-state index is 0.0908. The molecule has 0 fully saturated rings. The number of benzene rings is 1. The summed E-state index contributed by atoms with van der Waals surface area (Å²) in [6.45, 7) is 13.4. The lowest BCUT2D eigenvalue weighted by molar-refractivity contribution is -0.144. The molecule has 0 unspecified atom stereocenters. The fourth-order valence-corrected chi connectivity index (χ4v) is 9.22. The third-order valence-electron chi connectivity index (χ3n) is 6.46. The smallest absolute Gasteiger partial charge is 0.306 e. The summed E-state index contributed by atoms with van der Waals surface area (Å²) in [7, 11) is -3.42. The molecule has 0 radical (unpaired) electrons. The average molecular weight is 495 g/mol. The van der Waals surface area contributed by atoms with Gasteiger partial charge in [0.25, 0.3) is 14.3 Å². The van der Waals surface area contributed by atoms with Gasteiger partial charge in [0, 0.05) is 18.5 Å². The lowest BCUT2D eigenvalue weighted by atomic mass is 9.93. The summed E-state index contributed by atoms with van der Waals surface area (Å²) in [5.41, 5.74) is 6.27. The Morgan fingerprint density at radius 3 is 2.00 bits per heavy atom. The van der Waals surface area contributed by atoms with Crippen molar-refractivity contribution in [3.05, 3.63) is 29.8 Å². The number of hydrogen-bond acceptors (Lipinski definition) is 4. The van der Waals surface area contributed by atoms with E-state index in [1.807, 2.05) is 48.5 Å². The lowest BCUT2D eigenvalue weighted by Crippen LogP contribution is -2.57. The monoisotopic (exact) mass is 494 g/mol. The maximum Gasteiger partial charge on any atom is 0.306 e. The van der Waals surface area contributed by atoms with Gasteiger partial charge in [-0.1, -0.05) is 79.9 Å². The van der Waals surface area contributed by atoms with Crippen LogP contribution in [-0.4, -0.2) is 43.8 Å². The van der Waals surface area contributed by atoms with Gasteiger partial charge in [0.05, 0.1) is 12.0 Å². The SMILES string of the molecule is CCCCC[C@@H](CC(=O)[C@H](N)CNC(=O)c1ccc([Si](F)(C(C)(C)C)C(C)(C)C)cc1)C(=O)O. The standard InChI is InChI=1S/C26H43FN2O4Si/c1-8-9-10-11-19(24(32)33)16-22(30)21(28)17-29-23(31)18-12-14-20(15-13-18)34(27,25(2,3)4)26(5,6)7/h12-15,19,21H,8-11,16-17,28H2,1-7H3,(H,29,31)(H,32,33)/t19-,21+/m0/s1. The highest BCUT2D eigenvalue weighted by Gasteiger charge is 2.56.